The summed E-state index contributed by atoms with van der Waals surface area (Å²) < 4.78 is 4.75. The lowest BCUT2D eigenvalue weighted by Gasteiger charge is -2.15. The molecule has 0 bridgehead atoms. The number of likely N-dealkylation sites (tertiary alicyclic amines) is 1. The Morgan fingerprint density at radius 1 is 1.57 bits per heavy atom. The maximum absolute atomic E-state index is 11.4. The minimum atomic E-state index is -0.0548. The van der Waals surface area contributed by atoms with E-state index in [0.29, 0.717) is 13.1 Å². The normalized spacial score (nSPS) is 21.0. The summed E-state index contributed by atoms with van der Waals surface area (Å²) in [4.78, 5) is 24.3. The first-order valence-corrected chi connectivity index (χ1v) is 4.67. The van der Waals surface area contributed by atoms with Crippen LogP contribution in [0.5, 0.6) is 0 Å². The van der Waals surface area contributed by atoms with Gasteiger partial charge in [-0.3, -0.25) is 9.59 Å². The average Bonchev–Trinajstić information content (AvgIpc) is 2.66. The lowest BCUT2D eigenvalue weighted by atomic mass is 10.1. The summed E-state index contributed by atoms with van der Waals surface area (Å²) in [7, 11) is 3.10. The van der Waals surface area contributed by atoms with Gasteiger partial charge in [-0.2, -0.15) is 0 Å². The molecule has 2 amide bonds. The quantitative estimate of drug-likeness (QED) is 0.650. The fourth-order valence-electron chi connectivity index (χ4n) is 1.62. The standard InChI is InChI=1S/C9H16N2O3/c1-10-9(13)7-3-4-11(5-7)8(12)6-14-2/h7H,3-6H2,1-2H3,(H,10,13)/t7-/m0/s1. The van der Waals surface area contributed by atoms with Crippen LogP contribution in [0.25, 0.3) is 0 Å². The van der Waals surface area contributed by atoms with Gasteiger partial charge in [0.25, 0.3) is 0 Å². The number of ether oxygens (including phenoxy) is 1. The Labute approximate surface area is 83.4 Å². The van der Waals surface area contributed by atoms with Crippen LogP contribution >= 0.6 is 0 Å². The van der Waals surface area contributed by atoms with Crippen LogP contribution in [0.3, 0.4) is 0 Å². The van der Waals surface area contributed by atoms with E-state index in [-0.39, 0.29) is 24.3 Å². The highest BCUT2D eigenvalue weighted by Gasteiger charge is 2.29. The van der Waals surface area contributed by atoms with Crippen molar-refractivity contribution in [3.05, 3.63) is 0 Å². The Morgan fingerprint density at radius 2 is 2.29 bits per heavy atom. The molecule has 1 heterocycles. The van der Waals surface area contributed by atoms with Crippen molar-refractivity contribution in [2.45, 2.75) is 6.42 Å². The largest absolute Gasteiger partial charge is 0.375 e. The number of hydrogen-bond donors (Lipinski definition) is 1. The molecule has 1 N–H and O–H groups in total. The highest BCUT2D eigenvalue weighted by atomic mass is 16.5. The second-order valence-corrected chi connectivity index (χ2v) is 3.37. The molecule has 0 aromatic carbocycles. The van der Waals surface area contributed by atoms with Gasteiger partial charge in [0, 0.05) is 27.2 Å². The number of carbonyl (C=O) groups excluding carboxylic acids is 2. The maximum atomic E-state index is 11.4. The number of carbonyl (C=O) groups is 2. The van der Waals surface area contributed by atoms with E-state index in [1.807, 2.05) is 0 Å². The highest BCUT2D eigenvalue weighted by Crippen LogP contribution is 2.16. The van der Waals surface area contributed by atoms with Crippen molar-refractivity contribution in [3.63, 3.8) is 0 Å². The first kappa shape index (κ1) is 11.0. The van der Waals surface area contributed by atoms with Crippen LogP contribution in [-0.2, 0) is 14.3 Å². The summed E-state index contributed by atoms with van der Waals surface area (Å²) in [6, 6.07) is 0. The second kappa shape index (κ2) is 4.95. The molecule has 1 aliphatic rings. The van der Waals surface area contributed by atoms with Crippen molar-refractivity contribution in [2.24, 2.45) is 5.92 Å². The molecule has 14 heavy (non-hydrogen) atoms. The average molecular weight is 200 g/mol. The SMILES string of the molecule is CNC(=O)[C@H]1CCN(C(=O)COC)C1. The predicted octanol–water partition coefficient (Wildman–Crippen LogP) is -0.773. The smallest absolute Gasteiger partial charge is 0.248 e. The number of hydrogen-bond acceptors (Lipinski definition) is 3. The zero-order valence-corrected chi connectivity index (χ0v) is 8.58. The van der Waals surface area contributed by atoms with Crippen LogP contribution in [0.1, 0.15) is 6.42 Å². The summed E-state index contributed by atoms with van der Waals surface area (Å²) >= 11 is 0. The van der Waals surface area contributed by atoms with Gasteiger partial charge in [0.1, 0.15) is 6.61 Å². The molecule has 0 aromatic rings. The van der Waals surface area contributed by atoms with Crippen molar-refractivity contribution in [1.82, 2.24) is 10.2 Å². The van der Waals surface area contributed by atoms with Gasteiger partial charge in [0.2, 0.25) is 11.8 Å². The fourth-order valence-corrected chi connectivity index (χ4v) is 1.62. The molecule has 1 saturated heterocycles. The number of amides is 2. The van der Waals surface area contributed by atoms with Gasteiger partial charge in [-0.15, -0.1) is 0 Å². The molecule has 80 valence electrons. The highest BCUT2D eigenvalue weighted by molar-refractivity contribution is 5.82. The third-order valence-electron chi connectivity index (χ3n) is 2.43. The van der Waals surface area contributed by atoms with E-state index in [9.17, 15) is 9.59 Å². The second-order valence-electron chi connectivity index (χ2n) is 3.37. The molecule has 5 nitrogen and oxygen atoms in total. The molecular formula is C9H16N2O3. The van der Waals surface area contributed by atoms with E-state index in [0.717, 1.165) is 6.42 Å². The van der Waals surface area contributed by atoms with E-state index < -0.39 is 0 Å². The van der Waals surface area contributed by atoms with Crippen molar-refractivity contribution in [2.75, 3.05) is 33.9 Å². The third kappa shape index (κ3) is 2.45. The molecule has 0 spiro atoms. The first-order valence-electron chi connectivity index (χ1n) is 4.67. The summed E-state index contributed by atoms with van der Waals surface area (Å²) in [5.74, 6) is -0.0857. The van der Waals surface area contributed by atoms with Crippen LogP contribution in [-0.4, -0.2) is 50.6 Å². The van der Waals surface area contributed by atoms with E-state index in [4.69, 9.17) is 4.74 Å². The summed E-state index contributed by atoms with van der Waals surface area (Å²) in [5.41, 5.74) is 0. The molecule has 0 radical (unpaired) electrons. The molecule has 0 aliphatic carbocycles. The minimum absolute atomic E-state index is 0.0118. The van der Waals surface area contributed by atoms with Crippen LogP contribution in [0.2, 0.25) is 0 Å². The van der Waals surface area contributed by atoms with Crippen molar-refractivity contribution in [3.8, 4) is 0 Å². The predicted molar refractivity (Wildman–Crippen MR) is 50.6 cm³/mol. The maximum Gasteiger partial charge on any atom is 0.248 e. The van der Waals surface area contributed by atoms with E-state index >= 15 is 0 Å². The lowest BCUT2D eigenvalue weighted by Crippen LogP contribution is -2.34. The Kier molecular flexibility index (Phi) is 3.88. The van der Waals surface area contributed by atoms with E-state index in [1.165, 1.54) is 7.11 Å². The number of nitrogens with zero attached hydrogens (tertiary/aromatic N) is 1. The molecule has 0 aromatic heterocycles. The van der Waals surface area contributed by atoms with Gasteiger partial charge in [-0.05, 0) is 6.42 Å². The van der Waals surface area contributed by atoms with Crippen molar-refractivity contribution < 1.29 is 14.3 Å². The molecule has 1 fully saturated rings. The fraction of sp³-hybridized carbons (Fsp3) is 0.778. The number of rotatable bonds is 3. The van der Waals surface area contributed by atoms with Gasteiger partial charge >= 0.3 is 0 Å². The lowest BCUT2D eigenvalue weighted by molar-refractivity contribution is -0.134. The minimum Gasteiger partial charge on any atom is -0.375 e. The topological polar surface area (TPSA) is 58.6 Å². The monoisotopic (exact) mass is 200 g/mol. The van der Waals surface area contributed by atoms with Gasteiger partial charge in [-0.1, -0.05) is 0 Å². The molecule has 1 aliphatic heterocycles. The van der Waals surface area contributed by atoms with Crippen LogP contribution < -0.4 is 5.32 Å². The number of methoxy groups -OCH3 is 1. The Morgan fingerprint density at radius 3 is 2.86 bits per heavy atom. The van der Waals surface area contributed by atoms with Crippen molar-refractivity contribution >= 4 is 11.8 Å². The van der Waals surface area contributed by atoms with Gasteiger partial charge in [0.05, 0.1) is 5.92 Å². The molecular weight excluding hydrogens is 184 g/mol. The summed E-state index contributed by atoms with van der Waals surface area (Å²) in [5, 5.41) is 2.59. The van der Waals surface area contributed by atoms with E-state index in [1.54, 1.807) is 11.9 Å². The molecule has 5 heteroatoms. The first-order chi connectivity index (χ1) is 6.69. The molecule has 1 rings (SSSR count). The van der Waals surface area contributed by atoms with Gasteiger partial charge < -0.3 is 15.0 Å². The zero-order valence-electron chi connectivity index (χ0n) is 8.58. The van der Waals surface area contributed by atoms with Gasteiger partial charge in [-0.25, -0.2) is 0 Å². The molecule has 0 saturated carbocycles. The Bertz CT molecular complexity index is 230. The van der Waals surface area contributed by atoms with Crippen molar-refractivity contribution in [1.29, 1.82) is 0 Å². The Hall–Kier alpha value is -1.10. The van der Waals surface area contributed by atoms with E-state index in [2.05, 4.69) is 5.32 Å². The summed E-state index contributed by atoms with van der Waals surface area (Å²) in [6.07, 6.45) is 0.745. The van der Waals surface area contributed by atoms with Crippen LogP contribution in [0.4, 0.5) is 0 Å². The van der Waals surface area contributed by atoms with Crippen LogP contribution in [0, 0.1) is 5.92 Å². The van der Waals surface area contributed by atoms with Crippen LogP contribution in [0.15, 0.2) is 0 Å². The molecule has 0 unspecified atom stereocenters. The van der Waals surface area contributed by atoms with Gasteiger partial charge in [0.15, 0.2) is 0 Å². The molecule has 1 atom stereocenters. The third-order valence-corrected chi connectivity index (χ3v) is 2.43. The Balaban J connectivity index is 2.41. The summed E-state index contributed by atoms with van der Waals surface area (Å²) in [6.45, 7) is 1.27. The number of nitrogens with one attached hydrogen (secondary N) is 1. The zero-order chi connectivity index (χ0) is 10.6.